The third-order valence-electron chi connectivity index (χ3n) is 6.84. The zero-order valence-corrected chi connectivity index (χ0v) is 15.5. The van der Waals surface area contributed by atoms with Crippen LogP contribution in [0.4, 0.5) is 0 Å². The lowest BCUT2D eigenvalue weighted by molar-refractivity contribution is -0.0507. The van der Waals surface area contributed by atoms with Gasteiger partial charge in [-0.2, -0.15) is 5.10 Å². The highest BCUT2D eigenvalue weighted by Crippen LogP contribution is 2.53. The molecule has 0 spiro atoms. The largest absolute Gasteiger partial charge is 0.390 e. The molecule has 2 aliphatic rings. The van der Waals surface area contributed by atoms with E-state index in [-0.39, 0.29) is 5.41 Å². The van der Waals surface area contributed by atoms with Crippen molar-refractivity contribution < 1.29 is 5.11 Å². The fourth-order valence-corrected chi connectivity index (χ4v) is 5.38. The number of aliphatic hydroxyl groups is 1. The Balaban J connectivity index is 1.80. The van der Waals surface area contributed by atoms with Crippen LogP contribution in [0.3, 0.4) is 0 Å². The van der Waals surface area contributed by atoms with Gasteiger partial charge < -0.3 is 5.11 Å². The van der Waals surface area contributed by atoms with Crippen LogP contribution in [0.2, 0.25) is 0 Å². The van der Waals surface area contributed by atoms with Crippen molar-refractivity contribution in [1.82, 2.24) is 9.78 Å². The number of aromatic nitrogens is 2. The maximum atomic E-state index is 11.0. The summed E-state index contributed by atoms with van der Waals surface area (Å²) in [5.74, 6) is 0.516. The number of hydrogen-bond acceptors (Lipinski definition) is 2. The Bertz CT molecular complexity index is 738. The van der Waals surface area contributed by atoms with E-state index in [1.54, 1.807) is 0 Å². The molecular formula is C22H30N2O. The molecule has 0 amide bonds. The van der Waals surface area contributed by atoms with Gasteiger partial charge in [0.2, 0.25) is 0 Å². The summed E-state index contributed by atoms with van der Waals surface area (Å²) >= 11 is 0. The molecule has 1 N–H and O–H groups in total. The highest BCUT2D eigenvalue weighted by molar-refractivity contribution is 5.34. The summed E-state index contributed by atoms with van der Waals surface area (Å²) in [4.78, 5) is 0. The second-order valence-corrected chi connectivity index (χ2v) is 8.37. The topological polar surface area (TPSA) is 38.1 Å². The molecule has 2 aromatic rings. The van der Waals surface area contributed by atoms with E-state index in [1.807, 2.05) is 11.7 Å². The van der Waals surface area contributed by atoms with Gasteiger partial charge >= 0.3 is 0 Å². The molecule has 134 valence electrons. The molecule has 0 bridgehead atoms. The molecule has 3 atom stereocenters. The average Bonchev–Trinajstić information content (AvgIpc) is 2.93. The summed E-state index contributed by atoms with van der Waals surface area (Å²) in [6, 6.07) is 10.9. The molecule has 1 saturated carbocycles. The van der Waals surface area contributed by atoms with Gasteiger partial charge in [-0.1, -0.05) is 37.3 Å². The summed E-state index contributed by atoms with van der Waals surface area (Å²) in [5, 5.41) is 16.0. The average molecular weight is 338 g/mol. The highest BCUT2D eigenvalue weighted by Gasteiger charge is 2.51. The predicted octanol–water partition coefficient (Wildman–Crippen LogP) is 4.18. The summed E-state index contributed by atoms with van der Waals surface area (Å²) in [6.45, 7) is 2.13. The van der Waals surface area contributed by atoms with E-state index in [0.717, 1.165) is 38.5 Å². The third kappa shape index (κ3) is 2.93. The van der Waals surface area contributed by atoms with Crippen molar-refractivity contribution in [2.45, 2.75) is 69.3 Å². The number of nitrogens with zero attached hydrogens (tertiary/aromatic N) is 2. The number of benzene rings is 1. The molecule has 4 rings (SSSR count). The Hall–Kier alpha value is -1.61. The van der Waals surface area contributed by atoms with Crippen LogP contribution in [0.1, 0.15) is 62.3 Å². The van der Waals surface area contributed by atoms with Gasteiger partial charge in [0.1, 0.15) is 0 Å². The first kappa shape index (κ1) is 16.8. The molecule has 0 radical (unpaired) electrons. The number of fused-ring (bicyclic) bond motifs is 3. The molecule has 3 unspecified atom stereocenters. The lowest BCUT2D eigenvalue weighted by atomic mass is 9.57. The van der Waals surface area contributed by atoms with E-state index >= 15 is 0 Å². The quantitative estimate of drug-likeness (QED) is 0.912. The number of hydrogen-bond donors (Lipinski definition) is 1. The minimum absolute atomic E-state index is 0.0792. The van der Waals surface area contributed by atoms with Crippen LogP contribution in [0.15, 0.2) is 36.5 Å². The lowest BCUT2D eigenvalue weighted by Gasteiger charge is -2.49. The van der Waals surface area contributed by atoms with Crippen molar-refractivity contribution in [3.8, 4) is 0 Å². The van der Waals surface area contributed by atoms with E-state index in [2.05, 4.69) is 43.5 Å². The maximum absolute atomic E-state index is 11.0. The van der Waals surface area contributed by atoms with Crippen LogP contribution in [0.25, 0.3) is 0 Å². The predicted molar refractivity (Wildman–Crippen MR) is 101 cm³/mol. The van der Waals surface area contributed by atoms with Gasteiger partial charge in [0.25, 0.3) is 0 Å². The molecule has 0 aliphatic heterocycles. The van der Waals surface area contributed by atoms with Crippen molar-refractivity contribution in [2.75, 3.05) is 0 Å². The zero-order valence-electron chi connectivity index (χ0n) is 15.5. The Labute approximate surface area is 151 Å². The van der Waals surface area contributed by atoms with Crippen molar-refractivity contribution in [3.05, 3.63) is 53.3 Å². The molecule has 0 saturated heterocycles. The zero-order chi connectivity index (χ0) is 17.5. The molecule has 3 nitrogen and oxygen atoms in total. The van der Waals surface area contributed by atoms with Gasteiger partial charge in [0.15, 0.2) is 0 Å². The van der Waals surface area contributed by atoms with Crippen LogP contribution in [-0.2, 0) is 25.3 Å². The summed E-state index contributed by atoms with van der Waals surface area (Å²) in [7, 11) is 2.05. The number of aryl methyl sites for hydroxylation is 2. The van der Waals surface area contributed by atoms with E-state index < -0.39 is 5.60 Å². The molecule has 25 heavy (non-hydrogen) atoms. The summed E-state index contributed by atoms with van der Waals surface area (Å²) < 4.78 is 2.00. The normalized spacial score (nSPS) is 31.9. The first-order valence-electron chi connectivity index (χ1n) is 9.84. The molecule has 1 aromatic heterocycles. The molecule has 1 heterocycles. The van der Waals surface area contributed by atoms with E-state index in [9.17, 15) is 5.11 Å². The van der Waals surface area contributed by atoms with Gasteiger partial charge in [0.05, 0.1) is 11.3 Å². The van der Waals surface area contributed by atoms with Crippen LogP contribution < -0.4 is 0 Å². The van der Waals surface area contributed by atoms with Gasteiger partial charge in [-0.05, 0) is 68.4 Å². The van der Waals surface area contributed by atoms with Gasteiger partial charge in [0, 0.05) is 18.7 Å². The summed E-state index contributed by atoms with van der Waals surface area (Å²) in [5.41, 5.74) is 3.75. The Morgan fingerprint density at radius 2 is 2.04 bits per heavy atom. The molecular weight excluding hydrogens is 308 g/mol. The minimum Gasteiger partial charge on any atom is -0.390 e. The maximum Gasteiger partial charge on any atom is 0.0724 e. The van der Waals surface area contributed by atoms with Gasteiger partial charge in [-0.25, -0.2) is 0 Å². The van der Waals surface area contributed by atoms with Crippen molar-refractivity contribution >= 4 is 0 Å². The molecule has 1 aromatic carbocycles. The van der Waals surface area contributed by atoms with Crippen LogP contribution in [0, 0.1) is 5.92 Å². The third-order valence-corrected chi connectivity index (χ3v) is 6.84. The lowest BCUT2D eigenvalue weighted by Crippen LogP contribution is -2.49. The fraction of sp³-hybridized carbons (Fsp3) is 0.591. The second kappa shape index (κ2) is 6.28. The highest BCUT2D eigenvalue weighted by atomic mass is 16.3. The van der Waals surface area contributed by atoms with E-state index in [1.165, 1.54) is 29.7 Å². The molecule has 2 aliphatic carbocycles. The van der Waals surface area contributed by atoms with Crippen molar-refractivity contribution in [1.29, 1.82) is 0 Å². The smallest absolute Gasteiger partial charge is 0.0724 e. The van der Waals surface area contributed by atoms with Crippen LogP contribution in [-0.4, -0.2) is 20.5 Å². The minimum atomic E-state index is -0.482. The standard InChI is InChI=1S/C22H30N2O/c1-3-21(25)12-13-22(14-17-8-5-4-6-9-17)19(15-21)11-7-10-18-16-24(2)23-20(18)22/h4-6,8-9,16,19,25H,3,7,10-15H2,1-2H3. The molecule has 3 heteroatoms. The van der Waals surface area contributed by atoms with E-state index in [0.29, 0.717) is 5.92 Å². The Morgan fingerprint density at radius 3 is 2.80 bits per heavy atom. The SMILES string of the molecule is CCC1(O)CCC2(Cc3ccccc3)c3nn(C)cc3CCCC2C1. The Morgan fingerprint density at radius 1 is 1.24 bits per heavy atom. The van der Waals surface area contributed by atoms with Gasteiger partial charge in [-0.15, -0.1) is 0 Å². The van der Waals surface area contributed by atoms with E-state index in [4.69, 9.17) is 5.10 Å². The molecule has 1 fully saturated rings. The van der Waals surface area contributed by atoms with Gasteiger partial charge in [-0.3, -0.25) is 4.68 Å². The monoisotopic (exact) mass is 338 g/mol. The first-order valence-corrected chi connectivity index (χ1v) is 9.84. The fourth-order valence-electron chi connectivity index (χ4n) is 5.38. The van der Waals surface area contributed by atoms with Crippen LogP contribution >= 0.6 is 0 Å². The second-order valence-electron chi connectivity index (χ2n) is 8.37. The first-order chi connectivity index (χ1) is 12.0. The summed E-state index contributed by atoms with van der Waals surface area (Å²) in [6.07, 6.45) is 10.5. The Kier molecular flexibility index (Phi) is 4.23. The van der Waals surface area contributed by atoms with Crippen molar-refractivity contribution in [2.24, 2.45) is 13.0 Å². The van der Waals surface area contributed by atoms with Crippen LogP contribution in [0.5, 0.6) is 0 Å². The number of rotatable bonds is 3. The van der Waals surface area contributed by atoms with Crippen molar-refractivity contribution in [3.63, 3.8) is 0 Å².